The van der Waals surface area contributed by atoms with Gasteiger partial charge in [-0.05, 0) is 204 Å². The van der Waals surface area contributed by atoms with Gasteiger partial charge in [-0.15, -0.1) is 0 Å². The summed E-state index contributed by atoms with van der Waals surface area (Å²) in [6, 6.07) is 3.80. The second kappa shape index (κ2) is 39.3. The zero-order valence-electron chi connectivity index (χ0n) is 70.9. The summed E-state index contributed by atoms with van der Waals surface area (Å²) in [5.74, 6) is -17.6. The van der Waals surface area contributed by atoms with E-state index in [0.717, 1.165) is 79.5 Å². The first-order valence-electron chi connectivity index (χ1n) is 41.9. The van der Waals surface area contributed by atoms with Crippen LogP contribution in [-0.2, 0) is 66.8 Å². The maximum Gasteiger partial charge on any atom is 0.410 e. The Kier molecular flexibility index (Phi) is 29.5. The molecule has 8 amide bonds. The SMILES string of the molecule is COCCOCCNC(=O)NC(=O)C[C@@H]1CC(=O)[C@H](NC(=O)[C@@H](CC(C)C)N(C)C(=O)OC(C)(C)C)[C@H](O)c2ccc(c(Cl)c2)Oc2cc3cc(c2O[C@@H]2O[C@H](CCC(=O)OC(C)(C)C)[C@@H](O)[C@H](O)[C@H]2O)Oc2ccc(cc2Cl)[C@@H](O)[C@@H]2NC(=O)[C@H](CC(=O)[C@@H]3NC1=O)c1ccc(O)c(c1)-c1c(O)cc(O)cc1[C@@H](C(=O)CC1C3CC4CC(C3)CC1C4)NC2=O. The third-order valence-corrected chi connectivity index (χ3v) is 24.4. The van der Waals surface area contributed by atoms with Crippen LogP contribution in [0.2, 0.25) is 10.0 Å². The number of carbonyl (C=O) groups excluding carboxylic acids is 11. The molecule has 10 aliphatic rings. The molecule has 1 saturated heterocycles. The highest BCUT2D eigenvalue weighted by atomic mass is 35.5. The number of phenolic OH excluding ortho intramolecular Hbond substituents is 3. The number of fused-ring (bicyclic) bond motifs is 15. The Morgan fingerprint density at radius 1 is 0.640 bits per heavy atom. The molecule has 15 bridgehead atoms. The zero-order valence-corrected chi connectivity index (χ0v) is 72.4. The highest BCUT2D eigenvalue weighted by molar-refractivity contribution is 6.32. The van der Waals surface area contributed by atoms with Crippen LogP contribution in [0.25, 0.3) is 11.1 Å². The summed E-state index contributed by atoms with van der Waals surface area (Å²) in [6.45, 7) is 13.2. The Bertz CT molecular complexity index is 4910. The van der Waals surface area contributed by atoms with Gasteiger partial charge in [0.25, 0.3) is 0 Å². The topological polar surface area (TPSA) is 499 Å². The number of imide groups is 1. The number of aromatic hydroxyl groups is 3. The number of carbonyl (C=O) groups is 11. The Balaban J connectivity index is 1.05. The predicted molar refractivity (Wildman–Crippen MR) is 446 cm³/mol. The van der Waals surface area contributed by atoms with E-state index in [1.165, 1.54) is 50.6 Å². The number of amides is 8. The number of likely N-dealkylation sites (N-methyl/N-ethyl adjacent to an activating group) is 1. The molecular formula is C89H109Cl2N7O27. The minimum Gasteiger partial charge on any atom is -0.508 e. The normalized spacial score (nSPS) is 26.9. The first-order chi connectivity index (χ1) is 59.0. The second-order valence-corrected chi connectivity index (χ2v) is 36.7. The molecule has 4 saturated carbocycles. The van der Waals surface area contributed by atoms with E-state index >= 15 is 33.6 Å². The van der Waals surface area contributed by atoms with Crippen LogP contribution in [0.1, 0.15) is 190 Å². The molecule has 34 nitrogen and oxygen atoms in total. The molecule has 6 aliphatic heterocycles. The molecular weight excluding hydrogens is 1670 g/mol. The number of hydrogen-bond acceptors (Lipinski definition) is 27. The Hall–Kier alpha value is -10.3. The number of ether oxygens (including phenoxy) is 8. The summed E-state index contributed by atoms with van der Waals surface area (Å²) in [5.41, 5.74) is -3.94. The number of halogens is 2. The first-order valence-corrected chi connectivity index (χ1v) is 42.6. The van der Waals surface area contributed by atoms with Crippen molar-refractivity contribution >= 4 is 88.2 Å². The van der Waals surface area contributed by atoms with Gasteiger partial charge in [-0.25, -0.2) is 9.59 Å². The summed E-state index contributed by atoms with van der Waals surface area (Å²) in [5, 5.41) is 111. The number of nitrogens with zero attached hydrogens (tertiary/aromatic N) is 1. The number of nitrogens with one attached hydrogen (secondary N) is 6. The van der Waals surface area contributed by atoms with E-state index in [9.17, 15) is 60.0 Å². The predicted octanol–water partition coefficient (Wildman–Crippen LogP) is 8.57. The van der Waals surface area contributed by atoms with E-state index < -0.39 is 237 Å². The van der Waals surface area contributed by atoms with Crippen molar-refractivity contribution in [2.24, 2.45) is 41.4 Å². The first kappa shape index (κ1) is 93.9. The number of methoxy groups -OCH3 is 1. The minimum atomic E-state index is -2.30. The lowest BCUT2D eigenvalue weighted by atomic mass is 9.51. The van der Waals surface area contributed by atoms with Crippen LogP contribution in [0.3, 0.4) is 0 Å². The average molecular weight is 1780 g/mol. The summed E-state index contributed by atoms with van der Waals surface area (Å²) in [6.07, 6.45) is -14.8. The van der Waals surface area contributed by atoms with Gasteiger partial charge in [-0.1, -0.05) is 55.2 Å². The van der Waals surface area contributed by atoms with Crippen LogP contribution in [0, 0.1) is 41.4 Å². The standard InChI is InChI=1S/C89H109Cl2N7O27/c1-40(2)23-57(98(9)87(117)125-89(6,7)8)83(114)96-73-60(102)32-49(35-68(105)93-86(116)92-19-20-119-22-21-118-10)81(112)94-71-48-33-66(120-63-15-12-44(75(73)107)30-55(63)90)80(123-85-79(111)78(110)77(109)65(122-85)17-18-69(106)124-88(3,4)5)67(34-48)121-64-16-13-45(31-56(64)91)76(108)74-84(115)95-72(62(104)38-51-46-25-41-24-42(27-46)28-47(51)26-41)54-36-50(99)37-59(101)70(54)53-29-43(11-14-58(53)100)52(39-61(71)103)82(113)97-74/h11-16,29-31,33-34,36-37,40-42,46-47,49,51-52,57,65,71-79,85,99-101,107-111H,17-28,32,35,38-39H2,1-10H3,(H,94,112)(H,95,115)(H,96,114)(H,97,113)(H2,92,93,105,116)/t41?,42?,46?,47?,49-,51?,52+,57+,65+,71+,72-,73-,74-,75+,76+,77+,78-,79+,85-/m0/s1. The van der Waals surface area contributed by atoms with Crippen molar-refractivity contribution in [1.29, 1.82) is 0 Å². The van der Waals surface area contributed by atoms with Gasteiger partial charge < -0.3 is 105 Å². The van der Waals surface area contributed by atoms with Crippen LogP contribution in [0.5, 0.6) is 46.0 Å². The lowest BCUT2D eigenvalue weighted by molar-refractivity contribution is -0.273. The van der Waals surface area contributed by atoms with Crippen molar-refractivity contribution in [3.63, 3.8) is 0 Å². The second-order valence-electron chi connectivity index (χ2n) is 35.8. The van der Waals surface area contributed by atoms with Crippen LogP contribution in [0.15, 0.2) is 78.9 Å². The third-order valence-electron chi connectivity index (χ3n) is 23.8. The summed E-state index contributed by atoms with van der Waals surface area (Å²) >= 11 is 14.5. The number of rotatable bonds is 21. The molecule has 5 aromatic rings. The summed E-state index contributed by atoms with van der Waals surface area (Å²) in [7, 11) is 2.73. The molecule has 0 spiro atoms. The van der Waals surface area contributed by atoms with Gasteiger partial charge in [0.05, 0.1) is 47.8 Å². The number of aliphatic hydroxyl groups is 5. The maximum absolute atomic E-state index is 16.7. The number of hydrogen-bond donors (Lipinski definition) is 14. The van der Waals surface area contributed by atoms with Gasteiger partial charge in [0.1, 0.15) is 101 Å². The average Bonchev–Trinajstić information content (AvgIpc) is 0.766. The Morgan fingerprint density at radius 2 is 1.26 bits per heavy atom. The molecule has 6 heterocycles. The Morgan fingerprint density at radius 3 is 1.87 bits per heavy atom. The van der Waals surface area contributed by atoms with Gasteiger partial charge in [0, 0.05) is 70.0 Å². The molecule has 14 atom stereocenters. The molecule has 5 fully saturated rings. The molecule has 0 radical (unpaired) electrons. The van der Waals surface area contributed by atoms with E-state index in [0.29, 0.717) is 11.8 Å². The van der Waals surface area contributed by atoms with Gasteiger partial charge in [-0.2, -0.15) is 0 Å². The monoisotopic (exact) mass is 1780 g/mol. The molecule has 36 heteroatoms. The van der Waals surface area contributed by atoms with E-state index in [1.54, 1.807) is 55.4 Å². The van der Waals surface area contributed by atoms with Crippen molar-refractivity contribution in [2.75, 3.05) is 40.5 Å². The molecule has 125 heavy (non-hydrogen) atoms. The van der Waals surface area contributed by atoms with Crippen molar-refractivity contribution in [2.45, 2.75) is 223 Å². The van der Waals surface area contributed by atoms with Gasteiger partial charge in [0.15, 0.2) is 28.8 Å². The minimum absolute atomic E-state index is 0.0660. The molecule has 0 aromatic heterocycles. The van der Waals surface area contributed by atoms with E-state index in [2.05, 4.69) is 31.9 Å². The quantitative estimate of drug-likeness (QED) is 0.0241. The number of esters is 1. The van der Waals surface area contributed by atoms with Crippen molar-refractivity contribution in [1.82, 2.24) is 36.8 Å². The summed E-state index contributed by atoms with van der Waals surface area (Å²) < 4.78 is 47.9. The fraction of sp³-hybridized carbons (Fsp3) is 0.539. The van der Waals surface area contributed by atoms with E-state index in [1.807, 2.05) is 0 Å². The number of ketones is 3. The molecule has 15 rings (SSSR count). The Labute approximate surface area is 731 Å². The smallest absolute Gasteiger partial charge is 0.410 e. The number of aliphatic hydroxyl groups excluding tert-OH is 5. The van der Waals surface area contributed by atoms with Crippen molar-refractivity contribution in [3.8, 4) is 57.1 Å². The van der Waals surface area contributed by atoms with E-state index in [-0.39, 0.29) is 114 Å². The molecule has 0 unspecified atom stereocenters. The fourth-order valence-corrected chi connectivity index (χ4v) is 18.4. The maximum atomic E-state index is 16.7. The third kappa shape index (κ3) is 22.4. The van der Waals surface area contributed by atoms with Gasteiger partial charge in [-0.3, -0.25) is 53.4 Å². The zero-order chi connectivity index (χ0) is 90.7. The van der Waals surface area contributed by atoms with Crippen LogP contribution >= 0.6 is 23.2 Å². The van der Waals surface area contributed by atoms with Crippen molar-refractivity contribution in [3.05, 3.63) is 117 Å². The number of urea groups is 1. The molecule has 5 aromatic carbocycles. The summed E-state index contributed by atoms with van der Waals surface area (Å²) in [4.78, 5) is 167. The number of phenols is 3. The van der Waals surface area contributed by atoms with Crippen LogP contribution < -0.4 is 46.1 Å². The lowest BCUT2D eigenvalue weighted by Crippen LogP contribution is -2.59. The van der Waals surface area contributed by atoms with Crippen LogP contribution in [-0.4, -0.2) is 211 Å². The fourth-order valence-electron chi connectivity index (χ4n) is 18.0. The molecule has 14 N–H and O–H groups in total. The number of Topliss-reactive ketones (excluding diaryl/α,β-unsaturated/α-hetero) is 3. The van der Waals surface area contributed by atoms with E-state index in [4.69, 9.17) is 61.1 Å². The van der Waals surface area contributed by atoms with Gasteiger partial charge in [0.2, 0.25) is 41.6 Å². The lowest BCUT2D eigenvalue weighted by Gasteiger charge is -2.54. The molecule has 4 aliphatic carbocycles. The van der Waals surface area contributed by atoms with Crippen molar-refractivity contribution < 1.29 is 131 Å². The highest BCUT2D eigenvalue weighted by Gasteiger charge is 2.52. The number of benzene rings is 5. The molecule has 676 valence electrons. The largest absolute Gasteiger partial charge is 0.508 e. The van der Waals surface area contributed by atoms with Gasteiger partial charge >= 0.3 is 18.1 Å². The highest BCUT2D eigenvalue weighted by Crippen LogP contribution is 2.58. The van der Waals surface area contributed by atoms with Crippen LogP contribution in [0.4, 0.5) is 9.59 Å².